The Hall–Kier alpha value is -3.59. The first-order valence-electron chi connectivity index (χ1n) is 11.2. The van der Waals surface area contributed by atoms with Crippen LogP contribution in [0.1, 0.15) is 43.2 Å². The quantitative estimate of drug-likeness (QED) is 0.330. The van der Waals surface area contributed by atoms with Gasteiger partial charge in [-0.3, -0.25) is 4.79 Å². The fraction of sp³-hybridized carbons (Fsp3) is 0.207. The van der Waals surface area contributed by atoms with Crippen LogP contribution in [0.5, 0.6) is 0 Å². The fourth-order valence-electron chi connectivity index (χ4n) is 5.29. The first kappa shape index (κ1) is 19.1. The maximum absolute atomic E-state index is 13.2. The molecule has 3 heteroatoms. The third-order valence-corrected chi connectivity index (χ3v) is 7.00. The second-order valence-electron chi connectivity index (χ2n) is 9.49. The van der Waals surface area contributed by atoms with Gasteiger partial charge in [0.05, 0.1) is 16.8 Å². The molecule has 1 unspecified atom stereocenters. The molecule has 1 atom stereocenters. The molecule has 2 heterocycles. The van der Waals surface area contributed by atoms with Crippen molar-refractivity contribution in [2.75, 3.05) is 4.90 Å². The second kappa shape index (κ2) is 6.70. The van der Waals surface area contributed by atoms with Gasteiger partial charge in [-0.05, 0) is 53.8 Å². The number of hydrogen-bond acceptors (Lipinski definition) is 3. The minimum Gasteiger partial charge on any atom is -0.456 e. The molecule has 6 rings (SSSR count). The highest BCUT2D eigenvalue weighted by Crippen LogP contribution is 2.51. The summed E-state index contributed by atoms with van der Waals surface area (Å²) in [4.78, 5) is 15.5. The predicted molar refractivity (Wildman–Crippen MR) is 131 cm³/mol. The molecular weight excluding hydrogens is 394 g/mol. The van der Waals surface area contributed by atoms with Crippen LogP contribution in [0.2, 0.25) is 0 Å². The lowest BCUT2D eigenvalue weighted by Crippen LogP contribution is -2.30. The Balaban J connectivity index is 1.60. The van der Waals surface area contributed by atoms with Crippen molar-refractivity contribution in [2.45, 2.75) is 32.6 Å². The van der Waals surface area contributed by atoms with E-state index in [1.54, 1.807) is 0 Å². The number of anilines is 3. The van der Waals surface area contributed by atoms with E-state index in [0.29, 0.717) is 22.6 Å². The maximum atomic E-state index is 13.2. The van der Waals surface area contributed by atoms with E-state index in [1.807, 2.05) is 24.3 Å². The lowest BCUT2D eigenvalue weighted by Gasteiger charge is -2.42. The summed E-state index contributed by atoms with van der Waals surface area (Å²) in [5.74, 6) is 1.05. The highest BCUT2D eigenvalue weighted by molar-refractivity contribution is 5.90. The van der Waals surface area contributed by atoms with Crippen LogP contribution in [-0.4, -0.2) is 0 Å². The zero-order valence-corrected chi connectivity index (χ0v) is 18.6. The van der Waals surface area contributed by atoms with Gasteiger partial charge in [-0.2, -0.15) is 0 Å². The summed E-state index contributed by atoms with van der Waals surface area (Å²) < 4.78 is 6.25. The van der Waals surface area contributed by atoms with Crippen LogP contribution < -0.4 is 10.3 Å². The van der Waals surface area contributed by atoms with E-state index < -0.39 is 0 Å². The van der Waals surface area contributed by atoms with Crippen molar-refractivity contribution in [1.29, 1.82) is 0 Å². The number of allylic oxidation sites excluding steroid dienone is 1. The average molecular weight is 420 g/mol. The summed E-state index contributed by atoms with van der Waals surface area (Å²) in [7, 11) is 0. The topological polar surface area (TPSA) is 33.5 Å². The van der Waals surface area contributed by atoms with Crippen LogP contribution in [0.4, 0.5) is 17.1 Å². The van der Waals surface area contributed by atoms with Gasteiger partial charge in [0, 0.05) is 22.7 Å². The number of hydrogen-bond donors (Lipinski definition) is 0. The molecule has 1 aliphatic heterocycles. The number of para-hydroxylation sites is 2. The molecule has 32 heavy (non-hydrogen) atoms. The molecule has 3 nitrogen and oxygen atoms in total. The van der Waals surface area contributed by atoms with Gasteiger partial charge in [-0.1, -0.05) is 63.2 Å². The van der Waals surface area contributed by atoms with Crippen LogP contribution in [0.15, 0.2) is 82.0 Å². The predicted octanol–water partition coefficient (Wildman–Crippen LogP) is 7.11. The minimum absolute atomic E-state index is 0.0876. The Morgan fingerprint density at radius 3 is 2.28 bits per heavy atom. The van der Waals surface area contributed by atoms with Crippen molar-refractivity contribution < 1.29 is 4.42 Å². The standard InChI is InChI=1S/C29H25NO2/c1-18-12-15-26-21(16-18)28(31)20-14-13-19(17-27(20)32-26)30-24-10-6-4-8-22(24)29(2,3)23-9-5-7-11-25(23)30/h4-15,17-18H,16H2,1-3H3. The number of rotatable bonds is 1. The summed E-state index contributed by atoms with van der Waals surface area (Å²) in [5, 5.41) is 0.647. The minimum atomic E-state index is -0.104. The van der Waals surface area contributed by atoms with Gasteiger partial charge in [-0.25, -0.2) is 0 Å². The van der Waals surface area contributed by atoms with Crippen molar-refractivity contribution >= 4 is 34.1 Å². The van der Waals surface area contributed by atoms with Crippen LogP contribution in [-0.2, 0) is 11.8 Å². The molecule has 0 amide bonds. The SMILES string of the molecule is CC1C=Cc2oc3cc(N4c5ccccc5C(C)(C)c5ccccc54)ccc3c(=O)c2C1. The van der Waals surface area contributed by atoms with Gasteiger partial charge >= 0.3 is 0 Å². The zero-order valence-electron chi connectivity index (χ0n) is 18.6. The molecule has 0 N–H and O–H groups in total. The van der Waals surface area contributed by atoms with Gasteiger partial charge in [0.15, 0.2) is 5.43 Å². The smallest absolute Gasteiger partial charge is 0.196 e. The van der Waals surface area contributed by atoms with E-state index in [1.165, 1.54) is 11.1 Å². The normalized spacial score (nSPS) is 18.2. The summed E-state index contributed by atoms with van der Waals surface area (Å²) in [6.07, 6.45) is 4.79. The van der Waals surface area contributed by atoms with Crippen LogP contribution in [0.25, 0.3) is 17.0 Å². The molecular formula is C29H25NO2. The Bertz CT molecular complexity index is 1430. The number of fused-ring (bicyclic) bond motifs is 4. The molecule has 0 bridgehead atoms. The zero-order chi connectivity index (χ0) is 22.0. The van der Waals surface area contributed by atoms with E-state index in [4.69, 9.17) is 4.42 Å². The van der Waals surface area contributed by atoms with Gasteiger partial charge in [0.2, 0.25) is 0 Å². The van der Waals surface area contributed by atoms with Crippen molar-refractivity contribution in [3.05, 3.63) is 105 Å². The maximum Gasteiger partial charge on any atom is 0.196 e. The summed E-state index contributed by atoms with van der Waals surface area (Å²) in [6, 6.07) is 23.1. The number of benzene rings is 3. The largest absolute Gasteiger partial charge is 0.456 e. The first-order valence-corrected chi connectivity index (χ1v) is 11.2. The highest BCUT2D eigenvalue weighted by atomic mass is 16.3. The Morgan fingerprint density at radius 2 is 1.59 bits per heavy atom. The van der Waals surface area contributed by atoms with Crippen LogP contribution in [0.3, 0.4) is 0 Å². The lowest BCUT2D eigenvalue weighted by molar-refractivity contribution is 0.562. The second-order valence-corrected chi connectivity index (χ2v) is 9.49. The van der Waals surface area contributed by atoms with Crippen molar-refractivity contribution in [1.82, 2.24) is 0 Å². The third kappa shape index (κ3) is 2.64. The van der Waals surface area contributed by atoms with Crippen molar-refractivity contribution in [3.63, 3.8) is 0 Å². The molecule has 1 aromatic heterocycles. The third-order valence-electron chi connectivity index (χ3n) is 7.00. The van der Waals surface area contributed by atoms with E-state index in [9.17, 15) is 4.79 Å². The molecule has 0 saturated heterocycles. The highest BCUT2D eigenvalue weighted by Gasteiger charge is 2.36. The van der Waals surface area contributed by atoms with E-state index in [0.717, 1.165) is 29.0 Å². The summed E-state index contributed by atoms with van der Waals surface area (Å²) in [5.41, 5.74) is 7.27. The summed E-state index contributed by atoms with van der Waals surface area (Å²) in [6.45, 7) is 6.68. The Labute approximate surface area is 187 Å². The summed E-state index contributed by atoms with van der Waals surface area (Å²) >= 11 is 0. The molecule has 158 valence electrons. The molecule has 0 radical (unpaired) electrons. The van der Waals surface area contributed by atoms with Gasteiger partial charge in [-0.15, -0.1) is 0 Å². The molecule has 0 fully saturated rings. The van der Waals surface area contributed by atoms with Gasteiger partial charge in [0.25, 0.3) is 0 Å². The molecule has 1 aliphatic carbocycles. The van der Waals surface area contributed by atoms with Crippen LogP contribution in [0, 0.1) is 5.92 Å². The van der Waals surface area contributed by atoms with Crippen molar-refractivity contribution in [2.24, 2.45) is 5.92 Å². The van der Waals surface area contributed by atoms with E-state index in [-0.39, 0.29) is 10.8 Å². The molecule has 3 aromatic carbocycles. The number of nitrogens with zero attached hydrogens (tertiary/aromatic N) is 1. The Kier molecular flexibility index (Phi) is 4.00. The van der Waals surface area contributed by atoms with Crippen molar-refractivity contribution in [3.8, 4) is 0 Å². The monoisotopic (exact) mass is 419 g/mol. The fourth-order valence-corrected chi connectivity index (χ4v) is 5.29. The van der Waals surface area contributed by atoms with Gasteiger partial charge in [0.1, 0.15) is 11.3 Å². The van der Waals surface area contributed by atoms with E-state index in [2.05, 4.69) is 80.3 Å². The average Bonchev–Trinajstić information content (AvgIpc) is 2.80. The molecule has 2 aliphatic rings. The molecule has 0 saturated carbocycles. The molecule has 0 spiro atoms. The van der Waals surface area contributed by atoms with Crippen LogP contribution >= 0.6 is 0 Å². The molecule has 4 aromatic rings. The van der Waals surface area contributed by atoms with Gasteiger partial charge < -0.3 is 9.32 Å². The lowest BCUT2D eigenvalue weighted by atomic mass is 9.73. The first-order chi connectivity index (χ1) is 15.4. The van der Waals surface area contributed by atoms with E-state index >= 15 is 0 Å². The Morgan fingerprint density at radius 1 is 0.938 bits per heavy atom.